The Labute approximate surface area is 129 Å². The lowest BCUT2D eigenvalue weighted by atomic mass is 9.43. The highest BCUT2D eigenvalue weighted by Crippen LogP contribution is 2.66. The van der Waals surface area contributed by atoms with Crippen LogP contribution < -0.4 is 0 Å². The molecule has 0 spiro atoms. The number of hydrogen-bond acceptors (Lipinski definition) is 1. The molecule has 0 bridgehead atoms. The fourth-order valence-electron chi connectivity index (χ4n) is 6.65. The molecule has 0 aromatic rings. The second-order valence-electron chi connectivity index (χ2n) is 8.97. The van der Waals surface area contributed by atoms with Gasteiger partial charge in [-0.05, 0) is 73.5 Å². The molecule has 5 unspecified atom stereocenters. The van der Waals surface area contributed by atoms with Gasteiger partial charge in [0.15, 0.2) is 0 Å². The quantitative estimate of drug-likeness (QED) is 0.552. The van der Waals surface area contributed by atoms with E-state index < -0.39 is 0 Å². The van der Waals surface area contributed by atoms with Crippen molar-refractivity contribution in [3.63, 3.8) is 0 Å². The summed E-state index contributed by atoms with van der Waals surface area (Å²) in [7, 11) is 0. The second-order valence-corrected chi connectivity index (χ2v) is 8.97. The minimum absolute atomic E-state index is 0.284. The van der Waals surface area contributed by atoms with Crippen molar-refractivity contribution in [2.75, 3.05) is 0 Å². The zero-order valence-corrected chi connectivity index (χ0v) is 14.0. The van der Waals surface area contributed by atoms with E-state index in [9.17, 15) is 4.79 Å². The largest absolute Gasteiger partial charge is 0.300 e. The lowest BCUT2D eigenvalue weighted by molar-refractivity contribution is -0.143. The van der Waals surface area contributed by atoms with E-state index in [4.69, 9.17) is 0 Å². The maximum Gasteiger partial charge on any atom is 0.133 e. The third kappa shape index (κ3) is 1.79. The van der Waals surface area contributed by atoms with E-state index >= 15 is 0 Å². The van der Waals surface area contributed by atoms with Gasteiger partial charge in [0.1, 0.15) is 5.78 Å². The van der Waals surface area contributed by atoms with Gasteiger partial charge in [-0.3, -0.25) is 4.79 Å². The van der Waals surface area contributed by atoms with E-state index in [0.29, 0.717) is 11.2 Å². The number of fused-ring (bicyclic) bond motifs is 4. The van der Waals surface area contributed by atoms with Crippen LogP contribution in [-0.2, 0) is 4.79 Å². The highest BCUT2D eigenvalue weighted by Gasteiger charge is 2.58. The molecule has 0 saturated heterocycles. The summed E-state index contributed by atoms with van der Waals surface area (Å²) in [6.07, 6.45) is 11.0. The van der Waals surface area contributed by atoms with E-state index in [1.165, 1.54) is 38.5 Å². The highest BCUT2D eigenvalue weighted by atomic mass is 16.1. The Bertz CT molecular complexity index is 516. The van der Waals surface area contributed by atoms with Gasteiger partial charge >= 0.3 is 0 Å². The minimum Gasteiger partial charge on any atom is -0.300 e. The Morgan fingerprint density at radius 2 is 1.71 bits per heavy atom. The number of carbonyl (C=O) groups excluding carboxylic acids is 1. The predicted octanol–water partition coefficient (Wildman–Crippen LogP) is 5.30. The Balaban J connectivity index is 1.71. The third-order valence-corrected chi connectivity index (χ3v) is 8.23. The van der Waals surface area contributed by atoms with E-state index in [1.54, 1.807) is 0 Å². The average Bonchev–Trinajstić information content (AvgIpc) is 2.82. The van der Waals surface area contributed by atoms with Crippen LogP contribution in [0, 0.1) is 28.6 Å². The monoisotopic (exact) mass is 286 g/mol. The average molecular weight is 286 g/mol. The van der Waals surface area contributed by atoms with Crippen LogP contribution >= 0.6 is 0 Å². The summed E-state index contributed by atoms with van der Waals surface area (Å²) in [5, 5.41) is 0. The molecule has 1 nitrogen and oxygen atoms in total. The van der Waals surface area contributed by atoms with E-state index in [0.717, 1.165) is 37.0 Å². The summed E-state index contributed by atoms with van der Waals surface area (Å²) in [5.41, 5.74) is 4.41. The Morgan fingerprint density at radius 1 is 0.952 bits per heavy atom. The molecule has 2 fully saturated rings. The smallest absolute Gasteiger partial charge is 0.133 e. The van der Waals surface area contributed by atoms with Gasteiger partial charge in [-0.15, -0.1) is 0 Å². The molecule has 0 N–H and O–H groups in total. The minimum atomic E-state index is 0.284. The SMILES string of the molecule is CC1CCC2=C1CCC1C2CCC2(C)CC(=O)CCC12C. The van der Waals surface area contributed by atoms with Crippen LogP contribution in [0.3, 0.4) is 0 Å². The van der Waals surface area contributed by atoms with Crippen molar-refractivity contribution >= 4 is 5.78 Å². The van der Waals surface area contributed by atoms with E-state index in [1.807, 2.05) is 11.1 Å². The van der Waals surface area contributed by atoms with Gasteiger partial charge in [-0.1, -0.05) is 31.9 Å². The van der Waals surface area contributed by atoms with Crippen LogP contribution in [-0.4, -0.2) is 5.78 Å². The summed E-state index contributed by atoms with van der Waals surface area (Å²) in [4.78, 5) is 12.0. The Morgan fingerprint density at radius 3 is 2.52 bits per heavy atom. The molecular formula is C20H30O. The zero-order valence-electron chi connectivity index (χ0n) is 14.0. The fraction of sp³-hybridized carbons (Fsp3) is 0.850. The summed E-state index contributed by atoms with van der Waals surface area (Å²) in [5.74, 6) is 3.10. The first-order valence-corrected chi connectivity index (χ1v) is 9.18. The van der Waals surface area contributed by atoms with Crippen molar-refractivity contribution < 1.29 is 4.79 Å². The topological polar surface area (TPSA) is 17.1 Å². The molecule has 2 saturated carbocycles. The molecule has 0 amide bonds. The number of rotatable bonds is 0. The molecular weight excluding hydrogens is 256 g/mol. The molecule has 0 aromatic heterocycles. The van der Waals surface area contributed by atoms with Gasteiger partial charge in [-0.25, -0.2) is 0 Å². The highest BCUT2D eigenvalue weighted by molar-refractivity contribution is 5.80. The third-order valence-electron chi connectivity index (χ3n) is 8.23. The second kappa shape index (κ2) is 4.46. The molecule has 0 aliphatic heterocycles. The summed E-state index contributed by atoms with van der Waals surface area (Å²) < 4.78 is 0. The number of carbonyl (C=O) groups is 1. The van der Waals surface area contributed by atoms with Gasteiger partial charge in [0, 0.05) is 12.8 Å². The van der Waals surface area contributed by atoms with Crippen molar-refractivity contribution in [2.45, 2.75) is 78.6 Å². The molecule has 116 valence electrons. The number of Topliss-reactive ketones (excluding diaryl/α,β-unsaturated/α-hetero) is 1. The summed E-state index contributed by atoms with van der Waals surface area (Å²) in [6.45, 7) is 7.41. The molecule has 1 heteroatoms. The predicted molar refractivity (Wildman–Crippen MR) is 85.9 cm³/mol. The van der Waals surface area contributed by atoms with Crippen molar-refractivity contribution in [1.82, 2.24) is 0 Å². The molecule has 0 aromatic carbocycles. The van der Waals surface area contributed by atoms with E-state index in [-0.39, 0.29) is 5.41 Å². The van der Waals surface area contributed by atoms with Crippen molar-refractivity contribution in [3.05, 3.63) is 11.1 Å². The number of hydrogen-bond donors (Lipinski definition) is 0. The number of allylic oxidation sites excluding steroid dienone is 2. The standard InChI is InChI=1S/C20H30O/c1-13-4-5-16-15(13)6-7-18-17(16)9-10-19(2)12-14(21)8-11-20(18,19)3/h13,17-18H,4-12H2,1-3H3. The fourth-order valence-corrected chi connectivity index (χ4v) is 6.65. The van der Waals surface area contributed by atoms with Crippen LogP contribution in [0.25, 0.3) is 0 Å². The van der Waals surface area contributed by atoms with Gasteiger partial charge in [0.25, 0.3) is 0 Å². The molecule has 4 rings (SSSR count). The molecule has 0 heterocycles. The van der Waals surface area contributed by atoms with Crippen LogP contribution in [0.1, 0.15) is 78.6 Å². The normalized spacial score (nSPS) is 49.7. The molecule has 4 aliphatic carbocycles. The maximum absolute atomic E-state index is 12.0. The van der Waals surface area contributed by atoms with Gasteiger partial charge in [0.2, 0.25) is 0 Å². The summed E-state index contributed by atoms with van der Waals surface area (Å²) >= 11 is 0. The lowest BCUT2D eigenvalue weighted by Crippen LogP contribution is -2.54. The van der Waals surface area contributed by atoms with Gasteiger partial charge in [-0.2, -0.15) is 0 Å². The molecule has 5 atom stereocenters. The van der Waals surface area contributed by atoms with Crippen LogP contribution in [0.15, 0.2) is 11.1 Å². The van der Waals surface area contributed by atoms with Crippen LogP contribution in [0.2, 0.25) is 0 Å². The van der Waals surface area contributed by atoms with E-state index in [2.05, 4.69) is 20.8 Å². The van der Waals surface area contributed by atoms with Crippen LogP contribution in [0.4, 0.5) is 0 Å². The Kier molecular flexibility index (Phi) is 2.98. The summed E-state index contributed by atoms with van der Waals surface area (Å²) in [6, 6.07) is 0. The van der Waals surface area contributed by atoms with Crippen molar-refractivity contribution in [2.24, 2.45) is 28.6 Å². The Hall–Kier alpha value is -0.590. The van der Waals surface area contributed by atoms with Crippen molar-refractivity contribution in [1.29, 1.82) is 0 Å². The van der Waals surface area contributed by atoms with Gasteiger partial charge < -0.3 is 0 Å². The first kappa shape index (κ1) is 14.0. The van der Waals surface area contributed by atoms with Crippen LogP contribution in [0.5, 0.6) is 0 Å². The molecule has 21 heavy (non-hydrogen) atoms. The number of ketones is 1. The lowest BCUT2D eigenvalue weighted by Gasteiger charge is -2.61. The molecule has 0 radical (unpaired) electrons. The van der Waals surface area contributed by atoms with Crippen molar-refractivity contribution in [3.8, 4) is 0 Å². The first-order valence-electron chi connectivity index (χ1n) is 9.18. The first-order chi connectivity index (χ1) is 9.95. The maximum atomic E-state index is 12.0. The molecule has 4 aliphatic rings. The zero-order chi connectivity index (χ0) is 14.8. The van der Waals surface area contributed by atoms with Gasteiger partial charge in [0.05, 0.1) is 0 Å².